The molecule has 0 spiro atoms. The van der Waals surface area contributed by atoms with Crippen LogP contribution in [0.15, 0.2) is 0 Å². The van der Waals surface area contributed by atoms with Crippen molar-refractivity contribution in [3.8, 4) is 0 Å². The number of carboxylic acid groups (broad SMARTS) is 1. The van der Waals surface area contributed by atoms with Crippen molar-refractivity contribution < 1.29 is 9.90 Å². The van der Waals surface area contributed by atoms with Gasteiger partial charge in [-0.1, -0.05) is 0 Å². The molecule has 1 saturated heterocycles. The van der Waals surface area contributed by atoms with Gasteiger partial charge < -0.3 is 10.4 Å². The summed E-state index contributed by atoms with van der Waals surface area (Å²) in [5, 5.41) is 10.2. The first-order valence-electron chi connectivity index (χ1n) is 3.12. The molecule has 3 heteroatoms. The third kappa shape index (κ3) is 5.30. The second-order valence-corrected chi connectivity index (χ2v) is 2.10. The van der Waals surface area contributed by atoms with Crippen LogP contribution in [-0.2, 0) is 4.79 Å². The van der Waals surface area contributed by atoms with Crippen molar-refractivity contribution in [2.24, 2.45) is 0 Å². The molecule has 0 saturated carbocycles. The van der Waals surface area contributed by atoms with E-state index in [0.29, 0.717) is 0 Å². The Morgan fingerprint density at radius 2 is 2.33 bits per heavy atom. The van der Waals surface area contributed by atoms with Crippen molar-refractivity contribution in [1.29, 1.82) is 0 Å². The van der Waals surface area contributed by atoms with E-state index in [1.165, 1.54) is 19.4 Å². The van der Waals surface area contributed by atoms with Crippen LogP contribution in [0.1, 0.15) is 19.8 Å². The lowest BCUT2D eigenvalue weighted by Gasteiger charge is -1.95. The third-order valence-corrected chi connectivity index (χ3v) is 1.31. The van der Waals surface area contributed by atoms with E-state index in [1.54, 1.807) is 0 Å². The molecular formula is C6H13NO2. The van der Waals surface area contributed by atoms with E-state index in [0.717, 1.165) is 6.04 Å². The normalized spacial score (nSPS) is 24.3. The summed E-state index contributed by atoms with van der Waals surface area (Å²) in [4.78, 5) is 8.36. The molecule has 0 radical (unpaired) electrons. The van der Waals surface area contributed by atoms with Gasteiger partial charge in [0.05, 0.1) is 0 Å². The van der Waals surface area contributed by atoms with E-state index < -0.39 is 0 Å². The fourth-order valence-corrected chi connectivity index (χ4v) is 0.859. The molecule has 1 atom stereocenters. The number of nitrogens with one attached hydrogen (secondary N) is 1. The largest absolute Gasteiger partial charge is 0.483 e. The average molecular weight is 131 g/mol. The Morgan fingerprint density at radius 1 is 1.78 bits per heavy atom. The van der Waals surface area contributed by atoms with Crippen LogP contribution in [0.5, 0.6) is 0 Å². The minimum atomic E-state index is -0.250. The van der Waals surface area contributed by atoms with Gasteiger partial charge in [0.2, 0.25) is 0 Å². The Morgan fingerprint density at radius 3 is 2.44 bits per heavy atom. The van der Waals surface area contributed by atoms with Crippen molar-refractivity contribution in [2.45, 2.75) is 25.8 Å². The predicted molar refractivity (Wildman–Crippen MR) is 35.4 cm³/mol. The van der Waals surface area contributed by atoms with Gasteiger partial charge in [0.1, 0.15) is 0 Å². The van der Waals surface area contributed by atoms with Crippen LogP contribution >= 0.6 is 0 Å². The summed E-state index contributed by atoms with van der Waals surface area (Å²) in [5.74, 6) is 0. The van der Waals surface area contributed by atoms with Crippen molar-refractivity contribution in [3.63, 3.8) is 0 Å². The number of hydrogen-bond acceptors (Lipinski definition) is 2. The Balaban J connectivity index is 0.000000187. The van der Waals surface area contributed by atoms with Crippen LogP contribution in [-0.4, -0.2) is 24.2 Å². The van der Waals surface area contributed by atoms with E-state index in [2.05, 4.69) is 12.2 Å². The van der Waals surface area contributed by atoms with Gasteiger partial charge in [0, 0.05) is 6.04 Å². The highest BCUT2D eigenvalue weighted by Gasteiger charge is 2.05. The topological polar surface area (TPSA) is 49.3 Å². The van der Waals surface area contributed by atoms with Gasteiger partial charge in [-0.15, -0.1) is 0 Å². The zero-order valence-electron chi connectivity index (χ0n) is 5.63. The lowest BCUT2D eigenvalue weighted by atomic mass is 10.3. The maximum absolute atomic E-state index is 8.36. The van der Waals surface area contributed by atoms with Gasteiger partial charge in [-0.25, -0.2) is 0 Å². The van der Waals surface area contributed by atoms with Gasteiger partial charge in [-0.3, -0.25) is 4.79 Å². The van der Waals surface area contributed by atoms with Gasteiger partial charge in [-0.2, -0.15) is 0 Å². The number of rotatable bonds is 0. The highest BCUT2D eigenvalue weighted by Crippen LogP contribution is 2.01. The Labute approximate surface area is 55.1 Å². The molecule has 1 rings (SSSR count). The van der Waals surface area contributed by atoms with Gasteiger partial charge in [0.15, 0.2) is 0 Å². The monoisotopic (exact) mass is 131 g/mol. The molecule has 0 aromatic heterocycles. The van der Waals surface area contributed by atoms with Crippen LogP contribution in [0.3, 0.4) is 0 Å². The Kier molecular flexibility index (Phi) is 5.21. The summed E-state index contributed by atoms with van der Waals surface area (Å²) < 4.78 is 0. The Bertz CT molecular complexity index is 69.5. The second kappa shape index (κ2) is 5.56. The summed E-state index contributed by atoms with van der Waals surface area (Å²) in [7, 11) is 0. The first-order valence-corrected chi connectivity index (χ1v) is 3.12. The standard InChI is InChI=1S/C5H11N.CH2O2/c1-5-3-2-4-6-5;2-1-3/h5-6H,2-4H2,1H3;1H,(H,2,3)/t5-;/m1./s1. The first-order chi connectivity index (χ1) is 4.31. The molecule has 0 bridgehead atoms. The van der Waals surface area contributed by atoms with Crippen LogP contribution in [0.4, 0.5) is 0 Å². The quantitative estimate of drug-likeness (QED) is 0.469. The highest BCUT2D eigenvalue weighted by atomic mass is 16.3. The molecule has 0 unspecified atom stereocenters. The van der Waals surface area contributed by atoms with E-state index in [1.807, 2.05) is 0 Å². The molecule has 1 heterocycles. The molecule has 0 amide bonds. The van der Waals surface area contributed by atoms with Crippen LogP contribution in [0.2, 0.25) is 0 Å². The fourth-order valence-electron chi connectivity index (χ4n) is 0.859. The molecule has 54 valence electrons. The summed E-state index contributed by atoms with van der Waals surface area (Å²) in [6.07, 6.45) is 2.75. The lowest BCUT2D eigenvalue weighted by molar-refractivity contribution is -0.122. The average Bonchev–Trinajstić information content (AvgIpc) is 2.20. The molecule has 9 heavy (non-hydrogen) atoms. The maximum atomic E-state index is 8.36. The Hall–Kier alpha value is -0.570. The fraction of sp³-hybridized carbons (Fsp3) is 0.833. The second-order valence-electron chi connectivity index (χ2n) is 2.10. The van der Waals surface area contributed by atoms with Crippen LogP contribution in [0.25, 0.3) is 0 Å². The summed E-state index contributed by atoms with van der Waals surface area (Å²) >= 11 is 0. The molecular weight excluding hydrogens is 118 g/mol. The SMILES string of the molecule is C[C@@H]1CCCN1.O=CO. The van der Waals surface area contributed by atoms with Gasteiger partial charge in [-0.05, 0) is 26.3 Å². The van der Waals surface area contributed by atoms with Gasteiger partial charge >= 0.3 is 0 Å². The molecule has 1 fully saturated rings. The molecule has 3 nitrogen and oxygen atoms in total. The molecule has 1 aliphatic heterocycles. The predicted octanol–water partition coefficient (Wildman–Crippen LogP) is 0.459. The van der Waals surface area contributed by atoms with E-state index in [-0.39, 0.29) is 6.47 Å². The van der Waals surface area contributed by atoms with Crippen molar-refractivity contribution in [1.82, 2.24) is 5.32 Å². The van der Waals surface area contributed by atoms with E-state index in [4.69, 9.17) is 9.90 Å². The maximum Gasteiger partial charge on any atom is 0.290 e. The molecule has 0 aliphatic carbocycles. The van der Waals surface area contributed by atoms with E-state index in [9.17, 15) is 0 Å². The third-order valence-electron chi connectivity index (χ3n) is 1.31. The smallest absolute Gasteiger partial charge is 0.290 e. The molecule has 0 aromatic carbocycles. The minimum Gasteiger partial charge on any atom is -0.483 e. The molecule has 2 N–H and O–H groups in total. The summed E-state index contributed by atoms with van der Waals surface area (Å²) in [6.45, 7) is 3.22. The first kappa shape index (κ1) is 8.43. The molecule has 1 aliphatic rings. The number of hydrogen-bond donors (Lipinski definition) is 2. The minimum absolute atomic E-state index is 0.250. The molecule has 0 aromatic rings. The summed E-state index contributed by atoms with van der Waals surface area (Å²) in [5.41, 5.74) is 0. The number of carbonyl (C=O) groups is 1. The van der Waals surface area contributed by atoms with Crippen molar-refractivity contribution >= 4 is 6.47 Å². The zero-order chi connectivity index (χ0) is 7.11. The van der Waals surface area contributed by atoms with Crippen LogP contribution in [0, 0.1) is 0 Å². The van der Waals surface area contributed by atoms with Crippen molar-refractivity contribution in [2.75, 3.05) is 6.54 Å². The lowest BCUT2D eigenvalue weighted by Crippen LogP contribution is -2.16. The summed E-state index contributed by atoms with van der Waals surface area (Å²) in [6, 6.07) is 0.796. The zero-order valence-corrected chi connectivity index (χ0v) is 5.63. The van der Waals surface area contributed by atoms with E-state index >= 15 is 0 Å². The van der Waals surface area contributed by atoms with Gasteiger partial charge in [0.25, 0.3) is 6.47 Å². The van der Waals surface area contributed by atoms with Crippen molar-refractivity contribution in [3.05, 3.63) is 0 Å². The highest BCUT2D eigenvalue weighted by molar-refractivity contribution is 5.32. The van der Waals surface area contributed by atoms with Crippen LogP contribution < -0.4 is 5.32 Å².